The first-order valence-corrected chi connectivity index (χ1v) is 7.10. The van der Waals surface area contributed by atoms with E-state index in [2.05, 4.69) is 5.32 Å². The molecule has 0 atom stereocenters. The van der Waals surface area contributed by atoms with E-state index in [0.29, 0.717) is 28.1 Å². The molecule has 0 aliphatic carbocycles. The molecule has 0 aliphatic heterocycles. The number of rotatable bonds is 5. The molecule has 0 amide bonds. The van der Waals surface area contributed by atoms with Crippen molar-refractivity contribution in [1.82, 2.24) is 0 Å². The second kappa shape index (κ2) is 6.73. The van der Waals surface area contributed by atoms with E-state index in [9.17, 15) is 0 Å². The minimum atomic E-state index is 0.488. The van der Waals surface area contributed by atoms with Gasteiger partial charge in [0.15, 0.2) is 0 Å². The van der Waals surface area contributed by atoms with E-state index in [-0.39, 0.29) is 0 Å². The summed E-state index contributed by atoms with van der Waals surface area (Å²) in [6.45, 7) is 2.68. The molecular formula is C15H16Cl2N2O. The molecule has 0 saturated heterocycles. The Bertz CT molecular complexity index is 602. The summed E-state index contributed by atoms with van der Waals surface area (Å²) in [6.07, 6.45) is 0.928. The number of hydrogen-bond acceptors (Lipinski definition) is 3. The van der Waals surface area contributed by atoms with Crippen LogP contribution in [0.1, 0.15) is 13.3 Å². The fourth-order valence-corrected chi connectivity index (χ4v) is 2.05. The number of nitrogens with two attached hydrogens (primary N) is 1. The fraction of sp³-hybridized carbons (Fsp3) is 0.200. The molecule has 2 rings (SSSR count). The number of benzene rings is 2. The lowest BCUT2D eigenvalue weighted by atomic mass is 10.2. The molecule has 0 unspecified atom stereocenters. The summed E-state index contributed by atoms with van der Waals surface area (Å²) in [6, 6.07) is 11.0. The van der Waals surface area contributed by atoms with Crippen LogP contribution in [0.4, 0.5) is 17.1 Å². The number of anilines is 3. The van der Waals surface area contributed by atoms with Crippen LogP contribution in [0, 0.1) is 0 Å². The Morgan fingerprint density at radius 2 is 2.00 bits per heavy atom. The van der Waals surface area contributed by atoms with Crippen molar-refractivity contribution in [1.29, 1.82) is 0 Å². The molecule has 2 aromatic rings. The molecule has 106 valence electrons. The number of ether oxygens (including phenoxy) is 1. The Morgan fingerprint density at radius 1 is 1.20 bits per heavy atom. The molecule has 2 aromatic carbocycles. The quantitative estimate of drug-likeness (QED) is 0.754. The summed E-state index contributed by atoms with van der Waals surface area (Å²) in [5, 5.41) is 4.20. The van der Waals surface area contributed by atoms with Gasteiger partial charge in [0.25, 0.3) is 0 Å². The maximum Gasteiger partial charge on any atom is 0.144 e. The molecule has 3 N–H and O–H groups in total. The van der Waals surface area contributed by atoms with Crippen molar-refractivity contribution >= 4 is 40.3 Å². The molecule has 0 aliphatic rings. The minimum Gasteiger partial charge on any atom is -0.491 e. The third kappa shape index (κ3) is 3.50. The van der Waals surface area contributed by atoms with Gasteiger partial charge < -0.3 is 15.8 Å². The topological polar surface area (TPSA) is 47.3 Å². The smallest absolute Gasteiger partial charge is 0.144 e. The van der Waals surface area contributed by atoms with Crippen molar-refractivity contribution in [2.45, 2.75) is 13.3 Å². The highest BCUT2D eigenvalue weighted by Crippen LogP contribution is 2.33. The van der Waals surface area contributed by atoms with Crippen molar-refractivity contribution in [2.24, 2.45) is 0 Å². The lowest BCUT2D eigenvalue weighted by molar-refractivity contribution is 0.319. The van der Waals surface area contributed by atoms with Crippen LogP contribution in [-0.4, -0.2) is 6.61 Å². The van der Waals surface area contributed by atoms with E-state index < -0.39 is 0 Å². The van der Waals surface area contributed by atoms with E-state index in [1.54, 1.807) is 12.1 Å². The van der Waals surface area contributed by atoms with Crippen LogP contribution in [0.5, 0.6) is 5.75 Å². The third-order valence-electron chi connectivity index (χ3n) is 2.71. The maximum absolute atomic E-state index is 6.15. The Balaban J connectivity index is 2.23. The molecule has 0 bridgehead atoms. The predicted octanol–water partition coefficient (Wildman–Crippen LogP) is 5.11. The normalized spacial score (nSPS) is 10.3. The minimum absolute atomic E-state index is 0.488. The van der Waals surface area contributed by atoms with E-state index in [1.165, 1.54) is 0 Å². The molecule has 0 fully saturated rings. The summed E-state index contributed by atoms with van der Waals surface area (Å²) in [7, 11) is 0. The predicted molar refractivity (Wildman–Crippen MR) is 86.4 cm³/mol. The van der Waals surface area contributed by atoms with Crippen molar-refractivity contribution in [3.63, 3.8) is 0 Å². The third-order valence-corrected chi connectivity index (χ3v) is 3.52. The highest BCUT2D eigenvalue weighted by atomic mass is 35.5. The summed E-state index contributed by atoms with van der Waals surface area (Å²) in [4.78, 5) is 0. The fourth-order valence-electron chi connectivity index (χ4n) is 1.70. The van der Waals surface area contributed by atoms with Gasteiger partial charge in [0.05, 0.1) is 28.0 Å². The van der Waals surface area contributed by atoms with Gasteiger partial charge in [-0.25, -0.2) is 0 Å². The highest BCUT2D eigenvalue weighted by Gasteiger charge is 2.06. The molecule has 0 saturated carbocycles. The SMILES string of the molecule is CCCOc1cc(Nc2cccc(Cl)c2Cl)ccc1N. The van der Waals surface area contributed by atoms with Crippen molar-refractivity contribution < 1.29 is 4.74 Å². The van der Waals surface area contributed by atoms with Crippen LogP contribution in [0.15, 0.2) is 36.4 Å². The van der Waals surface area contributed by atoms with Crippen molar-refractivity contribution in [2.75, 3.05) is 17.7 Å². The van der Waals surface area contributed by atoms with Crippen LogP contribution in [0.3, 0.4) is 0 Å². The standard InChI is InChI=1S/C15H16Cl2N2O/c1-2-8-20-14-9-10(6-7-12(14)18)19-13-5-3-4-11(16)15(13)17/h3-7,9,19H,2,8,18H2,1H3. The molecule has 0 heterocycles. The summed E-state index contributed by atoms with van der Waals surface area (Å²) >= 11 is 12.1. The van der Waals surface area contributed by atoms with E-state index >= 15 is 0 Å². The first-order valence-electron chi connectivity index (χ1n) is 6.35. The van der Waals surface area contributed by atoms with Gasteiger partial charge in [-0.3, -0.25) is 0 Å². The molecule has 5 heteroatoms. The Morgan fingerprint density at radius 3 is 2.75 bits per heavy atom. The van der Waals surface area contributed by atoms with Crippen LogP contribution in [-0.2, 0) is 0 Å². The zero-order valence-electron chi connectivity index (χ0n) is 11.1. The summed E-state index contributed by atoms with van der Waals surface area (Å²) in [5.74, 6) is 0.662. The van der Waals surface area contributed by atoms with Gasteiger partial charge in [-0.2, -0.15) is 0 Å². The van der Waals surface area contributed by atoms with Crippen molar-refractivity contribution in [3.05, 3.63) is 46.4 Å². The van der Waals surface area contributed by atoms with Crippen LogP contribution >= 0.6 is 23.2 Å². The number of halogens is 2. The second-order valence-electron chi connectivity index (χ2n) is 4.33. The van der Waals surface area contributed by atoms with E-state index in [4.69, 9.17) is 33.7 Å². The largest absolute Gasteiger partial charge is 0.491 e. The monoisotopic (exact) mass is 310 g/mol. The maximum atomic E-state index is 6.15. The first-order chi connectivity index (χ1) is 9.61. The molecule has 0 radical (unpaired) electrons. The van der Waals surface area contributed by atoms with Gasteiger partial charge in [0.2, 0.25) is 0 Å². The van der Waals surface area contributed by atoms with Crippen LogP contribution < -0.4 is 15.8 Å². The molecule has 3 nitrogen and oxygen atoms in total. The average molecular weight is 311 g/mol. The lowest BCUT2D eigenvalue weighted by Crippen LogP contribution is -2.00. The number of hydrogen-bond donors (Lipinski definition) is 2. The zero-order chi connectivity index (χ0) is 14.5. The van der Waals surface area contributed by atoms with Gasteiger partial charge in [0, 0.05) is 11.8 Å². The van der Waals surface area contributed by atoms with Gasteiger partial charge in [-0.15, -0.1) is 0 Å². The van der Waals surface area contributed by atoms with Gasteiger partial charge in [-0.05, 0) is 30.7 Å². The Hall–Kier alpha value is -1.58. The van der Waals surface area contributed by atoms with Crippen LogP contribution in [0.2, 0.25) is 10.0 Å². The van der Waals surface area contributed by atoms with E-state index in [1.807, 2.05) is 31.2 Å². The number of nitrogen functional groups attached to an aromatic ring is 1. The Kier molecular flexibility index (Phi) is 4.99. The van der Waals surface area contributed by atoms with Gasteiger partial charge >= 0.3 is 0 Å². The molecule has 0 spiro atoms. The molecule has 0 aromatic heterocycles. The summed E-state index contributed by atoms with van der Waals surface area (Å²) < 4.78 is 5.59. The van der Waals surface area contributed by atoms with Crippen LogP contribution in [0.25, 0.3) is 0 Å². The van der Waals surface area contributed by atoms with Gasteiger partial charge in [0.1, 0.15) is 5.75 Å². The highest BCUT2D eigenvalue weighted by molar-refractivity contribution is 6.43. The summed E-state index contributed by atoms with van der Waals surface area (Å²) in [5.41, 5.74) is 8.07. The zero-order valence-corrected chi connectivity index (χ0v) is 12.6. The first kappa shape index (κ1) is 14.8. The second-order valence-corrected chi connectivity index (χ2v) is 5.11. The molecule has 20 heavy (non-hydrogen) atoms. The average Bonchev–Trinajstić information content (AvgIpc) is 2.44. The molecular weight excluding hydrogens is 295 g/mol. The van der Waals surface area contributed by atoms with Crippen molar-refractivity contribution in [3.8, 4) is 5.75 Å². The van der Waals surface area contributed by atoms with E-state index in [0.717, 1.165) is 17.8 Å². The number of nitrogens with one attached hydrogen (secondary N) is 1. The Labute approximate surface area is 128 Å². The van der Waals surface area contributed by atoms with Gasteiger partial charge in [-0.1, -0.05) is 36.2 Å². The lowest BCUT2D eigenvalue weighted by Gasteiger charge is -2.13.